The van der Waals surface area contributed by atoms with E-state index < -0.39 is 0 Å². The number of hydrogen-bond donors (Lipinski definition) is 2. The number of aliphatic imine (C=N–C) groups is 1. The van der Waals surface area contributed by atoms with Crippen LogP contribution >= 0.6 is 11.3 Å². The van der Waals surface area contributed by atoms with E-state index in [2.05, 4.69) is 32.9 Å². The van der Waals surface area contributed by atoms with Crippen molar-refractivity contribution in [2.75, 3.05) is 33.4 Å². The fourth-order valence-electron chi connectivity index (χ4n) is 1.64. The Morgan fingerprint density at radius 2 is 2.15 bits per heavy atom. The molecular weight excluding hydrogens is 272 g/mol. The minimum atomic E-state index is 0.714. The number of aromatic nitrogens is 1. The molecule has 2 N–H and O–H groups in total. The molecule has 6 heteroatoms. The molecule has 0 unspecified atom stereocenters. The summed E-state index contributed by atoms with van der Waals surface area (Å²) in [5, 5.41) is 9.73. The molecule has 0 spiro atoms. The van der Waals surface area contributed by atoms with Gasteiger partial charge in [0.1, 0.15) is 0 Å². The van der Waals surface area contributed by atoms with Gasteiger partial charge in [0.05, 0.1) is 17.3 Å². The first-order chi connectivity index (χ1) is 9.76. The van der Waals surface area contributed by atoms with Gasteiger partial charge in [-0.1, -0.05) is 13.3 Å². The standard InChI is InChI=1S/C14H26N4OS/c1-4-5-9-19-10-8-17-14(15-3)16-7-6-13-11-20-12(2)18-13/h11H,4-10H2,1-3H3,(H2,15,16,17). The quantitative estimate of drug-likeness (QED) is 0.416. The maximum absolute atomic E-state index is 5.49. The highest BCUT2D eigenvalue weighted by Crippen LogP contribution is 2.07. The Labute approximate surface area is 125 Å². The summed E-state index contributed by atoms with van der Waals surface area (Å²) in [5.41, 5.74) is 1.14. The van der Waals surface area contributed by atoms with Crippen molar-refractivity contribution in [1.82, 2.24) is 15.6 Å². The predicted octanol–water partition coefficient (Wildman–Crippen LogP) is 1.98. The third-order valence-electron chi connectivity index (χ3n) is 2.74. The van der Waals surface area contributed by atoms with E-state index in [1.165, 1.54) is 6.42 Å². The lowest BCUT2D eigenvalue weighted by Crippen LogP contribution is -2.39. The highest BCUT2D eigenvalue weighted by atomic mass is 32.1. The molecule has 1 rings (SSSR count). The zero-order valence-electron chi connectivity index (χ0n) is 12.7. The van der Waals surface area contributed by atoms with Crippen molar-refractivity contribution in [2.45, 2.75) is 33.1 Å². The van der Waals surface area contributed by atoms with Gasteiger partial charge in [-0.25, -0.2) is 4.98 Å². The second-order valence-corrected chi connectivity index (χ2v) is 5.56. The number of nitrogens with zero attached hydrogens (tertiary/aromatic N) is 2. The number of ether oxygens (including phenoxy) is 1. The summed E-state index contributed by atoms with van der Waals surface area (Å²) in [4.78, 5) is 8.62. The number of thiazole rings is 1. The van der Waals surface area contributed by atoms with Gasteiger partial charge in [0, 0.05) is 38.5 Å². The molecule has 1 aromatic heterocycles. The van der Waals surface area contributed by atoms with E-state index in [1.54, 1.807) is 18.4 Å². The fraction of sp³-hybridized carbons (Fsp3) is 0.714. The molecule has 1 heterocycles. The van der Waals surface area contributed by atoms with E-state index in [1.807, 2.05) is 6.92 Å². The Hall–Kier alpha value is -1.14. The predicted molar refractivity (Wildman–Crippen MR) is 85.6 cm³/mol. The topological polar surface area (TPSA) is 58.5 Å². The maximum atomic E-state index is 5.49. The Balaban J connectivity index is 2.07. The van der Waals surface area contributed by atoms with Crippen LogP contribution in [0.3, 0.4) is 0 Å². The highest BCUT2D eigenvalue weighted by molar-refractivity contribution is 7.09. The highest BCUT2D eigenvalue weighted by Gasteiger charge is 2.00. The largest absolute Gasteiger partial charge is 0.380 e. The summed E-state index contributed by atoms with van der Waals surface area (Å²) < 4.78 is 5.49. The Morgan fingerprint density at radius 1 is 1.35 bits per heavy atom. The van der Waals surface area contributed by atoms with Gasteiger partial charge >= 0.3 is 0 Å². The van der Waals surface area contributed by atoms with Crippen LogP contribution in [0.15, 0.2) is 10.4 Å². The first-order valence-corrected chi connectivity index (χ1v) is 8.07. The van der Waals surface area contributed by atoms with Gasteiger partial charge in [-0.15, -0.1) is 11.3 Å². The molecule has 0 aromatic carbocycles. The van der Waals surface area contributed by atoms with Gasteiger partial charge in [0.15, 0.2) is 5.96 Å². The zero-order chi connectivity index (χ0) is 14.6. The maximum Gasteiger partial charge on any atom is 0.191 e. The van der Waals surface area contributed by atoms with Gasteiger partial charge in [0.2, 0.25) is 0 Å². The van der Waals surface area contributed by atoms with E-state index in [0.717, 1.165) is 49.2 Å². The van der Waals surface area contributed by atoms with E-state index in [-0.39, 0.29) is 0 Å². The molecule has 0 saturated heterocycles. The summed E-state index contributed by atoms with van der Waals surface area (Å²) >= 11 is 1.69. The lowest BCUT2D eigenvalue weighted by atomic mass is 10.3. The zero-order valence-corrected chi connectivity index (χ0v) is 13.6. The van der Waals surface area contributed by atoms with Crippen molar-refractivity contribution < 1.29 is 4.74 Å². The van der Waals surface area contributed by atoms with Crippen LogP contribution < -0.4 is 10.6 Å². The van der Waals surface area contributed by atoms with Crippen LogP contribution in [-0.2, 0) is 11.2 Å². The summed E-state index contributed by atoms with van der Waals surface area (Å²) in [6.07, 6.45) is 3.21. The lowest BCUT2D eigenvalue weighted by Gasteiger charge is -2.11. The molecule has 20 heavy (non-hydrogen) atoms. The van der Waals surface area contributed by atoms with Gasteiger partial charge in [-0.3, -0.25) is 4.99 Å². The van der Waals surface area contributed by atoms with Crippen LogP contribution in [-0.4, -0.2) is 44.3 Å². The first-order valence-electron chi connectivity index (χ1n) is 7.19. The number of hydrogen-bond acceptors (Lipinski definition) is 4. The van der Waals surface area contributed by atoms with Crippen LogP contribution in [0.4, 0.5) is 0 Å². The smallest absolute Gasteiger partial charge is 0.191 e. The molecule has 0 bridgehead atoms. The van der Waals surface area contributed by atoms with Crippen molar-refractivity contribution >= 4 is 17.3 Å². The number of aryl methyl sites for hydroxylation is 1. The molecule has 1 aromatic rings. The molecule has 0 aliphatic heterocycles. The van der Waals surface area contributed by atoms with Crippen LogP contribution in [0.1, 0.15) is 30.5 Å². The minimum absolute atomic E-state index is 0.714. The third-order valence-corrected chi connectivity index (χ3v) is 3.57. The summed E-state index contributed by atoms with van der Waals surface area (Å²) in [7, 11) is 1.78. The Kier molecular flexibility index (Phi) is 8.98. The molecule has 114 valence electrons. The second-order valence-electron chi connectivity index (χ2n) is 4.50. The summed E-state index contributed by atoms with van der Waals surface area (Å²) in [5.74, 6) is 0.816. The molecule has 0 radical (unpaired) electrons. The van der Waals surface area contributed by atoms with Crippen molar-refractivity contribution in [2.24, 2.45) is 4.99 Å². The average Bonchev–Trinajstić information content (AvgIpc) is 2.86. The van der Waals surface area contributed by atoms with Crippen molar-refractivity contribution in [3.05, 3.63) is 16.1 Å². The minimum Gasteiger partial charge on any atom is -0.380 e. The van der Waals surface area contributed by atoms with Crippen molar-refractivity contribution in [3.63, 3.8) is 0 Å². The monoisotopic (exact) mass is 298 g/mol. The fourth-order valence-corrected chi connectivity index (χ4v) is 2.29. The first kappa shape index (κ1) is 16.9. The second kappa shape index (κ2) is 10.6. The van der Waals surface area contributed by atoms with Crippen LogP contribution in [0, 0.1) is 6.92 Å². The van der Waals surface area contributed by atoms with Crippen molar-refractivity contribution in [3.8, 4) is 0 Å². The van der Waals surface area contributed by atoms with Gasteiger partial charge in [-0.2, -0.15) is 0 Å². The summed E-state index contributed by atoms with van der Waals surface area (Å²) in [6, 6.07) is 0. The van der Waals surface area contributed by atoms with E-state index >= 15 is 0 Å². The third kappa shape index (κ3) is 7.45. The van der Waals surface area contributed by atoms with Gasteiger partial charge in [-0.05, 0) is 13.3 Å². The number of unbranched alkanes of at least 4 members (excludes halogenated alkanes) is 1. The molecule has 0 aliphatic rings. The number of rotatable bonds is 9. The summed E-state index contributed by atoms with van der Waals surface area (Å²) in [6.45, 7) is 7.36. The van der Waals surface area contributed by atoms with Gasteiger partial charge < -0.3 is 15.4 Å². The van der Waals surface area contributed by atoms with Gasteiger partial charge in [0.25, 0.3) is 0 Å². The molecule has 5 nitrogen and oxygen atoms in total. The van der Waals surface area contributed by atoms with E-state index in [0.29, 0.717) is 6.61 Å². The number of nitrogens with one attached hydrogen (secondary N) is 2. The molecule has 0 amide bonds. The van der Waals surface area contributed by atoms with Crippen molar-refractivity contribution in [1.29, 1.82) is 0 Å². The lowest BCUT2D eigenvalue weighted by molar-refractivity contribution is 0.136. The van der Waals surface area contributed by atoms with Crippen LogP contribution in [0.2, 0.25) is 0 Å². The molecule has 0 saturated carbocycles. The van der Waals surface area contributed by atoms with Crippen LogP contribution in [0.5, 0.6) is 0 Å². The molecule has 0 fully saturated rings. The average molecular weight is 298 g/mol. The molecular formula is C14H26N4OS. The molecule has 0 aliphatic carbocycles. The van der Waals surface area contributed by atoms with E-state index in [9.17, 15) is 0 Å². The normalized spacial score (nSPS) is 11.7. The van der Waals surface area contributed by atoms with Crippen LogP contribution in [0.25, 0.3) is 0 Å². The van der Waals surface area contributed by atoms with E-state index in [4.69, 9.17) is 4.74 Å². The Morgan fingerprint density at radius 3 is 2.80 bits per heavy atom. The SMILES string of the molecule is CCCCOCCNC(=NC)NCCc1csc(C)n1. The number of guanidine groups is 1. The molecule has 0 atom stereocenters. The Bertz CT molecular complexity index is 392.